The van der Waals surface area contributed by atoms with Crippen molar-refractivity contribution in [2.45, 2.75) is 59.2 Å². The molecule has 0 saturated carbocycles. The molecule has 1 nitrogen and oxygen atoms in total. The standard InChI is InChI=1S/C14H24OSi/c1-6-7-11-14(2)12-9-8-10-13(14)15-16(3,4)5/h10H,8-9,11-12H2,1-5H3. The van der Waals surface area contributed by atoms with Gasteiger partial charge in [0, 0.05) is 11.8 Å². The maximum absolute atomic E-state index is 6.22. The molecule has 0 N–H and O–H groups in total. The van der Waals surface area contributed by atoms with E-state index in [1.807, 2.05) is 6.92 Å². The van der Waals surface area contributed by atoms with E-state index in [1.54, 1.807) is 0 Å². The van der Waals surface area contributed by atoms with E-state index in [0.29, 0.717) is 0 Å². The van der Waals surface area contributed by atoms with Crippen molar-refractivity contribution in [3.63, 3.8) is 0 Å². The first-order chi connectivity index (χ1) is 7.37. The van der Waals surface area contributed by atoms with Crippen molar-refractivity contribution in [1.82, 2.24) is 0 Å². The molecule has 0 aromatic rings. The highest BCUT2D eigenvalue weighted by Gasteiger charge is 2.34. The minimum atomic E-state index is -1.49. The summed E-state index contributed by atoms with van der Waals surface area (Å²) in [6, 6.07) is 0. The van der Waals surface area contributed by atoms with Crippen molar-refractivity contribution >= 4 is 8.32 Å². The van der Waals surface area contributed by atoms with Gasteiger partial charge in [0.2, 0.25) is 8.32 Å². The van der Waals surface area contributed by atoms with Crippen molar-refractivity contribution in [2.75, 3.05) is 0 Å². The van der Waals surface area contributed by atoms with Crippen LogP contribution in [0.4, 0.5) is 0 Å². The fourth-order valence-corrected chi connectivity index (χ4v) is 3.04. The quantitative estimate of drug-likeness (QED) is 0.523. The Balaban J connectivity index is 2.84. The van der Waals surface area contributed by atoms with Gasteiger partial charge in [-0.25, -0.2) is 0 Å². The minimum Gasteiger partial charge on any atom is -0.547 e. The summed E-state index contributed by atoms with van der Waals surface area (Å²) in [5, 5.41) is 0. The Bertz CT molecular complexity index is 327. The number of hydrogen-bond acceptors (Lipinski definition) is 1. The SMILES string of the molecule is CC#CCC1(C)CCCC=C1O[Si](C)(C)C. The monoisotopic (exact) mass is 236 g/mol. The third-order valence-corrected chi connectivity index (χ3v) is 3.76. The van der Waals surface area contributed by atoms with Crippen molar-refractivity contribution in [2.24, 2.45) is 5.41 Å². The molecule has 90 valence electrons. The van der Waals surface area contributed by atoms with Gasteiger partial charge < -0.3 is 4.43 Å². The first-order valence-corrected chi connectivity index (χ1v) is 9.57. The molecule has 1 rings (SSSR count). The van der Waals surface area contributed by atoms with Gasteiger partial charge in [-0.2, -0.15) is 0 Å². The molecule has 0 radical (unpaired) electrons. The summed E-state index contributed by atoms with van der Waals surface area (Å²) in [6.45, 7) is 10.9. The highest BCUT2D eigenvalue weighted by molar-refractivity contribution is 6.70. The topological polar surface area (TPSA) is 9.23 Å². The fraction of sp³-hybridized carbons (Fsp3) is 0.714. The van der Waals surface area contributed by atoms with Crippen LogP contribution in [0.1, 0.15) is 39.5 Å². The highest BCUT2D eigenvalue weighted by Crippen LogP contribution is 2.41. The Kier molecular flexibility index (Phi) is 4.26. The lowest BCUT2D eigenvalue weighted by molar-refractivity contribution is 0.219. The summed E-state index contributed by atoms with van der Waals surface area (Å²) in [5.41, 5.74) is 0.154. The van der Waals surface area contributed by atoms with E-state index in [1.165, 1.54) is 18.6 Å². The van der Waals surface area contributed by atoms with Crippen LogP contribution in [0.2, 0.25) is 19.6 Å². The molecule has 0 aliphatic heterocycles. The van der Waals surface area contributed by atoms with Crippen molar-refractivity contribution < 1.29 is 4.43 Å². The van der Waals surface area contributed by atoms with Gasteiger partial charge in [-0.15, -0.1) is 11.8 Å². The molecule has 2 heteroatoms. The Morgan fingerprint density at radius 2 is 2.12 bits per heavy atom. The predicted molar refractivity (Wildman–Crippen MR) is 72.5 cm³/mol. The van der Waals surface area contributed by atoms with Crippen LogP contribution >= 0.6 is 0 Å². The third-order valence-electron chi connectivity index (χ3n) is 2.93. The van der Waals surface area contributed by atoms with Crippen LogP contribution < -0.4 is 0 Å². The van der Waals surface area contributed by atoms with E-state index < -0.39 is 8.32 Å². The van der Waals surface area contributed by atoms with E-state index in [9.17, 15) is 0 Å². The van der Waals surface area contributed by atoms with Gasteiger partial charge in [-0.1, -0.05) is 6.92 Å². The lowest BCUT2D eigenvalue weighted by Crippen LogP contribution is -2.32. The molecule has 0 saturated heterocycles. The van der Waals surface area contributed by atoms with Gasteiger partial charge in [0.25, 0.3) is 0 Å². The largest absolute Gasteiger partial charge is 0.547 e. The molecule has 0 bridgehead atoms. The van der Waals surface area contributed by atoms with Crippen molar-refractivity contribution in [1.29, 1.82) is 0 Å². The number of rotatable bonds is 3. The summed E-state index contributed by atoms with van der Waals surface area (Å²) in [6.07, 6.45) is 6.85. The second-order valence-corrected chi connectivity index (χ2v) is 10.3. The fourth-order valence-electron chi connectivity index (χ4n) is 2.05. The number of allylic oxidation sites excluding steroid dienone is 2. The molecule has 16 heavy (non-hydrogen) atoms. The zero-order valence-corrected chi connectivity index (χ0v) is 12.3. The third kappa shape index (κ3) is 3.72. The lowest BCUT2D eigenvalue weighted by atomic mass is 9.76. The van der Waals surface area contributed by atoms with Gasteiger partial charge >= 0.3 is 0 Å². The summed E-state index contributed by atoms with van der Waals surface area (Å²) in [7, 11) is -1.49. The zero-order chi connectivity index (χ0) is 12.2. The smallest absolute Gasteiger partial charge is 0.241 e. The Hall–Kier alpha value is -0.683. The normalized spacial score (nSPS) is 25.4. The maximum Gasteiger partial charge on any atom is 0.241 e. The van der Waals surface area contributed by atoms with Crippen LogP contribution in [0, 0.1) is 17.3 Å². The summed E-state index contributed by atoms with van der Waals surface area (Å²) < 4.78 is 6.22. The zero-order valence-electron chi connectivity index (χ0n) is 11.3. The molecule has 0 fully saturated rings. The van der Waals surface area contributed by atoms with E-state index in [0.717, 1.165) is 12.8 Å². The van der Waals surface area contributed by atoms with Gasteiger partial charge in [0.1, 0.15) is 0 Å². The van der Waals surface area contributed by atoms with Crippen LogP contribution in [0.3, 0.4) is 0 Å². The Morgan fingerprint density at radius 3 is 2.69 bits per heavy atom. The molecule has 0 spiro atoms. The Morgan fingerprint density at radius 1 is 1.44 bits per heavy atom. The molecule has 1 aliphatic carbocycles. The molecule has 0 heterocycles. The molecular formula is C14H24OSi. The van der Waals surface area contributed by atoms with E-state index in [-0.39, 0.29) is 5.41 Å². The van der Waals surface area contributed by atoms with Crippen LogP contribution in [0.5, 0.6) is 0 Å². The summed E-state index contributed by atoms with van der Waals surface area (Å²) >= 11 is 0. The van der Waals surface area contributed by atoms with Crippen LogP contribution in [0.15, 0.2) is 11.8 Å². The first kappa shape index (κ1) is 13.4. The summed E-state index contributed by atoms with van der Waals surface area (Å²) in [4.78, 5) is 0. The van der Waals surface area contributed by atoms with Gasteiger partial charge in [-0.3, -0.25) is 0 Å². The summed E-state index contributed by atoms with van der Waals surface area (Å²) in [5.74, 6) is 7.43. The molecule has 1 unspecified atom stereocenters. The van der Waals surface area contributed by atoms with Crippen molar-refractivity contribution in [3.8, 4) is 11.8 Å². The molecule has 0 aromatic heterocycles. The lowest BCUT2D eigenvalue weighted by Gasteiger charge is -2.37. The van der Waals surface area contributed by atoms with E-state index in [4.69, 9.17) is 4.43 Å². The second-order valence-electron chi connectivity index (χ2n) is 5.84. The van der Waals surface area contributed by atoms with E-state index >= 15 is 0 Å². The van der Waals surface area contributed by atoms with Crippen molar-refractivity contribution in [3.05, 3.63) is 11.8 Å². The van der Waals surface area contributed by atoms with Gasteiger partial charge in [0.05, 0.1) is 5.76 Å². The van der Waals surface area contributed by atoms with Gasteiger partial charge in [0.15, 0.2) is 0 Å². The first-order valence-electron chi connectivity index (χ1n) is 6.17. The molecule has 1 aliphatic rings. The average molecular weight is 236 g/mol. The van der Waals surface area contributed by atoms with Crippen LogP contribution in [-0.2, 0) is 4.43 Å². The molecule has 1 atom stereocenters. The van der Waals surface area contributed by atoms with Crippen LogP contribution in [-0.4, -0.2) is 8.32 Å². The number of hydrogen-bond donors (Lipinski definition) is 0. The molecule has 0 amide bonds. The molecule has 0 aromatic carbocycles. The Labute approximate surface area is 101 Å². The average Bonchev–Trinajstić information content (AvgIpc) is 2.17. The molecular weight excluding hydrogens is 212 g/mol. The maximum atomic E-state index is 6.22. The van der Waals surface area contributed by atoms with Gasteiger partial charge in [-0.05, 0) is 51.9 Å². The second kappa shape index (κ2) is 5.10. The predicted octanol–water partition coefficient (Wildman–Crippen LogP) is 4.33. The highest BCUT2D eigenvalue weighted by atomic mass is 28.4. The van der Waals surface area contributed by atoms with E-state index in [2.05, 4.69) is 44.5 Å². The minimum absolute atomic E-state index is 0.154. The van der Waals surface area contributed by atoms with Crippen LogP contribution in [0.25, 0.3) is 0 Å².